The van der Waals surface area contributed by atoms with Gasteiger partial charge < -0.3 is 5.73 Å². The Morgan fingerprint density at radius 1 is 1.47 bits per heavy atom. The molecule has 2 N–H and O–H groups in total. The normalized spacial score (nSPS) is 10.9. The van der Waals surface area contributed by atoms with E-state index in [1.54, 1.807) is 0 Å². The van der Waals surface area contributed by atoms with Gasteiger partial charge in [-0.3, -0.25) is 4.68 Å². The highest BCUT2D eigenvalue weighted by molar-refractivity contribution is 7.13. The van der Waals surface area contributed by atoms with Crippen molar-refractivity contribution in [3.8, 4) is 11.3 Å². The first-order valence-electron chi connectivity index (χ1n) is 4.88. The molecule has 0 saturated carbocycles. The van der Waals surface area contributed by atoms with E-state index in [4.69, 9.17) is 5.73 Å². The Bertz CT molecular complexity index is 484. The molecule has 0 spiro atoms. The van der Waals surface area contributed by atoms with Crippen molar-refractivity contribution in [3.05, 3.63) is 16.8 Å². The van der Waals surface area contributed by atoms with Crippen LogP contribution in [0.4, 0.5) is 5.13 Å². The van der Waals surface area contributed by atoms with E-state index < -0.39 is 0 Å². The fraction of sp³-hybridized carbons (Fsp3) is 0.400. The van der Waals surface area contributed by atoms with Crippen LogP contribution in [0.3, 0.4) is 0 Å². The first-order valence-corrected chi connectivity index (χ1v) is 5.76. The Hall–Kier alpha value is -1.36. The molecule has 5 heteroatoms. The number of nitrogen functional groups attached to an aromatic ring is 1. The average Bonchev–Trinajstić information content (AvgIpc) is 2.71. The van der Waals surface area contributed by atoms with Gasteiger partial charge in [0.05, 0.1) is 11.4 Å². The minimum atomic E-state index is 0.605. The van der Waals surface area contributed by atoms with Crippen molar-refractivity contribution in [1.82, 2.24) is 14.8 Å². The summed E-state index contributed by atoms with van der Waals surface area (Å²) in [5.74, 6) is 0. The molecule has 15 heavy (non-hydrogen) atoms. The average molecular weight is 222 g/mol. The van der Waals surface area contributed by atoms with Crippen LogP contribution in [-0.4, -0.2) is 14.8 Å². The van der Waals surface area contributed by atoms with E-state index in [1.165, 1.54) is 11.3 Å². The number of hydrogen-bond donors (Lipinski definition) is 1. The van der Waals surface area contributed by atoms with Crippen LogP contribution < -0.4 is 5.73 Å². The molecule has 2 rings (SSSR count). The van der Waals surface area contributed by atoms with Crippen molar-refractivity contribution in [1.29, 1.82) is 0 Å². The number of nitrogens with two attached hydrogens (primary N) is 1. The molecular weight excluding hydrogens is 208 g/mol. The Kier molecular flexibility index (Phi) is 2.48. The molecule has 2 aromatic heterocycles. The van der Waals surface area contributed by atoms with Gasteiger partial charge >= 0.3 is 0 Å². The van der Waals surface area contributed by atoms with Gasteiger partial charge in [-0.2, -0.15) is 5.10 Å². The zero-order valence-electron chi connectivity index (χ0n) is 9.11. The van der Waals surface area contributed by atoms with Crippen LogP contribution in [0.15, 0.2) is 5.38 Å². The molecular formula is C10H14N4S. The lowest BCUT2D eigenvalue weighted by molar-refractivity contribution is 0.634. The van der Waals surface area contributed by atoms with Crippen LogP contribution in [0.2, 0.25) is 0 Å². The summed E-state index contributed by atoms with van der Waals surface area (Å²) in [5, 5.41) is 7.04. The third-order valence-electron chi connectivity index (χ3n) is 2.46. The van der Waals surface area contributed by atoms with Crippen LogP contribution in [0.5, 0.6) is 0 Å². The minimum absolute atomic E-state index is 0.605. The van der Waals surface area contributed by atoms with E-state index in [0.717, 1.165) is 29.2 Å². The fourth-order valence-corrected chi connectivity index (χ4v) is 2.33. The molecule has 0 unspecified atom stereocenters. The largest absolute Gasteiger partial charge is 0.375 e. The highest BCUT2D eigenvalue weighted by Crippen LogP contribution is 2.28. The maximum absolute atomic E-state index is 5.64. The van der Waals surface area contributed by atoms with Crippen molar-refractivity contribution >= 4 is 16.5 Å². The Morgan fingerprint density at radius 3 is 2.67 bits per heavy atom. The van der Waals surface area contributed by atoms with Gasteiger partial charge in [0, 0.05) is 23.2 Å². The SMILES string of the molecule is CCn1nc(C)c(-c2csc(N)n2)c1C. The van der Waals surface area contributed by atoms with Gasteiger partial charge in [-0.05, 0) is 20.8 Å². The van der Waals surface area contributed by atoms with Crippen molar-refractivity contribution in [2.24, 2.45) is 0 Å². The van der Waals surface area contributed by atoms with Gasteiger partial charge in [-0.25, -0.2) is 4.98 Å². The zero-order chi connectivity index (χ0) is 11.0. The zero-order valence-corrected chi connectivity index (χ0v) is 9.93. The van der Waals surface area contributed by atoms with Gasteiger partial charge in [0.25, 0.3) is 0 Å². The molecule has 0 fully saturated rings. The van der Waals surface area contributed by atoms with Crippen molar-refractivity contribution in [3.63, 3.8) is 0 Å². The maximum Gasteiger partial charge on any atom is 0.180 e. The van der Waals surface area contributed by atoms with E-state index in [2.05, 4.69) is 23.9 Å². The fourth-order valence-electron chi connectivity index (χ4n) is 1.78. The standard InChI is InChI=1S/C10H14N4S/c1-4-14-7(3)9(6(2)13-14)8-5-15-10(11)12-8/h5H,4H2,1-3H3,(H2,11,12). The third kappa shape index (κ3) is 1.63. The van der Waals surface area contributed by atoms with Crippen molar-refractivity contribution in [2.45, 2.75) is 27.3 Å². The third-order valence-corrected chi connectivity index (χ3v) is 3.13. The predicted molar refractivity (Wildman–Crippen MR) is 62.9 cm³/mol. The molecule has 0 atom stereocenters. The summed E-state index contributed by atoms with van der Waals surface area (Å²) in [4.78, 5) is 4.29. The highest BCUT2D eigenvalue weighted by Gasteiger charge is 2.14. The summed E-state index contributed by atoms with van der Waals surface area (Å²) in [5.41, 5.74) is 9.85. The summed E-state index contributed by atoms with van der Waals surface area (Å²) < 4.78 is 1.99. The van der Waals surface area contributed by atoms with E-state index in [0.29, 0.717) is 5.13 Å². The minimum Gasteiger partial charge on any atom is -0.375 e. The van der Waals surface area contributed by atoms with Crippen molar-refractivity contribution in [2.75, 3.05) is 5.73 Å². The number of aromatic nitrogens is 3. The smallest absolute Gasteiger partial charge is 0.180 e. The maximum atomic E-state index is 5.64. The second-order valence-corrected chi connectivity index (χ2v) is 4.32. The molecule has 0 radical (unpaired) electrons. The van der Waals surface area contributed by atoms with Gasteiger partial charge in [-0.15, -0.1) is 11.3 Å². The molecule has 0 aliphatic heterocycles. The Balaban J connectivity index is 2.57. The molecule has 0 aliphatic rings. The van der Waals surface area contributed by atoms with Gasteiger partial charge in [0.2, 0.25) is 0 Å². The van der Waals surface area contributed by atoms with Crippen LogP contribution in [-0.2, 0) is 6.54 Å². The van der Waals surface area contributed by atoms with Crippen molar-refractivity contribution < 1.29 is 0 Å². The highest BCUT2D eigenvalue weighted by atomic mass is 32.1. The summed E-state index contributed by atoms with van der Waals surface area (Å²) in [6.45, 7) is 7.03. The monoisotopic (exact) mass is 222 g/mol. The molecule has 0 aliphatic carbocycles. The first-order chi connectivity index (χ1) is 7.13. The second-order valence-electron chi connectivity index (χ2n) is 3.43. The van der Waals surface area contributed by atoms with Crippen LogP contribution >= 0.6 is 11.3 Å². The molecule has 2 heterocycles. The van der Waals surface area contributed by atoms with Crippen LogP contribution in [0.1, 0.15) is 18.3 Å². The van der Waals surface area contributed by atoms with Gasteiger partial charge in [-0.1, -0.05) is 0 Å². The van der Waals surface area contributed by atoms with Crippen LogP contribution in [0.25, 0.3) is 11.3 Å². The molecule has 0 aromatic carbocycles. The van der Waals surface area contributed by atoms with Crippen LogP contribution in [0, 0.1) is 13.8 Å². The summed E-state index contributed by atoms with van der Waals surface area (Å²) in [6, 6.07) is 0. The number of nitrogens with zero attached hydrogens (tertiary/aromatic N) is 3. The molecule has 2 aromatic rings. The molecule has 80 valence electrons. The summed E-state index contributed by atoms with van der Waals surface area (Å²) in [6.07, 6.45) is 0. The summed E-state index contributed by atoms with van der Waals surface area (Å²) >= 11 is 1.46. The number of hydrogen-bond acceptors (Lipinski definition) is 4. The molecule has 4 nitrogen and oxygen atoms in total. The molecule has 0 amide bonds. The predicted octanol–water partition coefficient (Wildman–Crippen LogP) is 2.23. The Morgan fingerprint density at radius 2 is 2.20 bits per heavy atom. The lowest BCUT2D eigenvalue weighted by Gasteiger charge is -1.99. The molecule has 0 saturated heterocycles. The van der Waals surface area contributed by atoms with E-state index in [-0.39, 0.29) is 0 Å². The van der Waals surface area contributed by atoms with E-state index >= 15 is 0 Å². The topological polar surface area (TPSA) is 56.7 Å². The number of rotatable bonds is 2. The molecule has 0 bridgehead atoms. The summed E-state index contributed by atoms with van der Waals surface area (Å²) in [7, 11) is 0. The first kappa shape index (κ1) is 10.2. The number of thiazole rings is 1. The number of aryl methyl sites for hydroxylation is 2. The lowest BCUT2D eigenvalue weighted by atomic mass is 10.1. The quantitative estimate of drug-likeness (QED) is 0.847. The van der Waals surface area contributed by atoms with E-state index in [1.807, 2.05) is 17.0 Å². The second kappa shape index (κ2) is 3.66. The lowest BCUT2D eigenvalue weighted by Crippen LogP contribution is -1.98. The van der Waals surface area contributed by atoms with Gasteiger partial charge in [0.1, 0.15) is 0 Å². The Labute approximate surface area is 92.8 Å². The number of anilines is 1. The van der Waals surface area contributed by atoms with E-state index in [9.17, 15) is 0 Å². The van der Waals surface area contributed by atoms with Gasteiger partial charge in [0.15, 0.2) is 5.13 Å².